The summed E-state index contributed by atoms with van der Waals surface area (Å²) in [5.74, 6) is 2.72. The van der Waals surface area contributed by atoms with Crippen molar-refractivity contribution in [2.45, 2.75) is 45.4 Å². The second-order valence-corrected chi connectivity index (χ2v) is 8.47. The second-order valence-electron chi connectivity index (χ2n) is 8.47. The Morgan fingerprint density at radius 1 is 1.23 bits per heavy atom. The third kappa shape index (κ3) is 1.10. The van der Waals surface area contributed by atoms with Gasteiger partial charge >= 0.3 is 0 Å². The molecule has 0 N–H and O–H groups in total. The lowest BCUT2D eigenvalue weighted by Crippen LogP contribution is -2.34. The van der Waals surface area contributed by atoms with Crippen LogP contribution >= 0.6 is 0 Å². The minimum atomic E-state index is 0.118. The predicted molar refractivity (Wildman–Crippen MR) is 86.1 cm³/mol. The molecular formula is C21H22O. The van der Waals surface area contributed by atoms with Crippen LogP contribution in [0.3, 0.4) is 0 Å². The Labute approximate surface area is 131 Å². The number of allylic oxidation sites excluding steroid dienone is 8. The maximum absolute atomic E-state index is 12.8. The maximum atomic E-state index is 12.8. The Balaban J connectivity index is 1.74. The quantitative estimate of drug-likeness (QED) is 0.599. The van der Waals surface area contributed by atoms with Gasteiger partial charge in [0.05, 0.1) is 5.92 Å². The Morgan fingerprint density at radius 2 is 2.14 bits per heavy atom. The first-order chi connectivity index (χ1) is 10.7. The van der Waals surface area contributed by atoms with Crippen LogP contribution in [0.25, 0.3) is 0 Å². The molecule has 5 atom stereocenters. The summed E-state index contributed by atoms with van der Waals surface area (Å²) >= 11 is 0. The van der Waals surface area contributed by atoms with Crippen LogP contribution in [0.15, 0.2) is 46.1 Å². The lowest BCUT2D eigenvalue weighted by Gasteiger charge is -2.42. The Bertz CT molecular complexity index is 759. The number of fused-ring (bicyclic) bond motifs is 2. The van der Waals surface area contributed by atoms with Crippen molar-refractivity contribution in [3.63, 3.8) is 0 Å². The maximum Gasteiger partial charge on any atom is 0.144 e. The van der Waals surface area contributed by atoms with Crippen LogP contribution in [0, 0.1) is 29.1 Å². The molecule has 0 heterocycles. The van der Waals surface area contributed by atoms with E-state index < -0.39 is 0 Å². The van der Waals surface area contributed by atoms with Crippen LogP contribution < -0.4 is 0 Å². The van der Waals surface area contributed by atoms with Crippen molar-refractivity contribution in [3.8, 4) is 0 Å². The fourth-order valence-corrected chi connectivity index (χ4v) is 7.18. The number of carbonyl (C=O) groups is 1. The van der Waals surface area contributed by atoms with Gasteiger partial charge in [-0.2, -0.15) is 0 Å². The molecular weight excluding hydrogens is 268 g/mol. The van der Waals surface area contributed by atoms with E-state index in [9.17, 15) is 4.79 Å². The largest absolute Gasteiger partial charge is 0.299 e. The van der Waals surface area contributed by atoms with Gasteiger partial charge in [0.1, 0.15) is 5.78 Å². The summed E-state index contributed by atoms with van der Waals surface area (Å²) in [6, 6.07) is 0. The fourth-order valence-electron chi connectivity index (χ4n) is 7.18. The van der Waals surface area contributed by atoms with Crippen LogP contribution in [0.2, 0.25) is 0 Å². The van der Waals surface area contributed by atoms with Gasteiger partial charge in [0.15, 0.2) is 0 Å². The van der Waals surface area contributed by atoms with Crippen molar-refractivity contribution in [1.29, 1.82) is 0 Å². The van der Waals surface area contributed by atoms with Crippen molar-refractivity contribution in [2.24, 2.45) is 29.1 Å². The highest BCUT2D eigenvalue weighted by Crippen LogP contribution is 2.71. The van der Waals surface area contributed by atoms with Gasteiger partial charge in [-0.25, -0.2) is 0 Å². The summed E-state index contributed by atoms with van der Waals surface area (Å²) in [6.07, 6.45) is 14.1. The van der Waals surface area contributed by atoms with Gasteiger partial charge in [-0.1, -0.05) is 41.9 Å². The molecule has 112 valence electrons. The van der Waals surface area contributed by atoms with E-state index in [1.807, 2.05) is 5.57 Å². The standard InChI is InChI=1S/C21H22O/c1-11-9-16-19-12-7-8-21(16,10-12)15-5-6-17(22)20-13(15)3-2-4-14(20)18(11)19/h2-4,11-12,18,20H,5-10H2,1H3. The van der Waals surface area contributed by atoms with Crippen molar-refractivity contribution in [1.82, 2.24) is 0 Å². The monoisotopic (exact) mass is 290 g/mol. The summed E-state index contributed by atoms with van der Waals surface area (Å²) < 4.78 is 0. The number of rotatable bonds is 0. The molecule has 9 bridgehead atoms. The summed E-state index contributed by atoms with van der Waals surface area (Å²) in [5.41, 5.74) is 8.58. The normalized spacial score (nSPS) is 47.1. The fraction of sp³-hybridized carbons (Fsp3) is 0.571. The molecule has 1 spiro atoms. The van der Waals surface area contributed by atoms with Crippen molar-refractivity contribution < 1.29 is 4.79 Å². The predicted octanol–water partition coefficient (Wildman–Crippen LogP) is 4.52. The first kappa shape index (κ1) is 12.1. The zero-order chi connectivity index (χ0) is 14.6. The Morgan fingerprint density at radius 3 is 3.05 bits per heavy atom. The first-order valence-electron chi connectivity index (χ1n) is 9.08. The van der Waals surface area contributed by atoms with Gasteiger partial charge in [-0.15, -0.1) is 0 Å². The summed E-state index contributed by atoms with van der Waals surface area (Å²) in [4.78, 5) is 12.8. The lowest BCUT2D eigenvalue weighted by atomic mass is 9.61. The number of hydrogen-bond donors (Lipinski definition) is 0. The van der Waals surface area contributed by atoms with Crippen LogP contribution in [-0.2, 0) is 4.79 Å². The molecule has 0 radical (unpaired) electrons. The Kier molecular flexibility index (Phi) is 1.97. The third-order valence-corrected chi connectivity index (χ3v) is 7.75. The zero-order valence-electron chi connectivity index (χ0n) is 13.2. The molecule has 0 aromatic carbocycles. The van der Waals surface area contributed by atoms with E-state index in [-0.39, 0.29) is 5.92 Å². The second kappa shape index (κ2) is 3.58. The molecule has 0 aromatic heterocycles. The molecule has 1 nitrogen and oxygen atoms in total. The van der Waals surface area contributed by atoms with Crippen LogP contribution in [-0.4, -0.2) is 5.78 Å². The molecule has 0 amide bonds. The molecule has 0 saturated heterocycles. The van der Waals surface area contributed by atoms with Gasteiger partial charge in [-0.3, -0.25) is 4.79 Å². The van der Waals surface area contributed by atoms with Crippen molar-refractivity contribution in [3.05, 3.63) is 46.1 Å². The highest BCUT2D eigenvalue weighted by molar-refractivity contribution is 5.91. The van der Waals surface area contributed by atoms with E-state index in [1.54, 1.807) is 11.1 Å². The van der Waals surface area contributed by atoms with Crippen LogP contribution in [0.1, 0.15) is 45.4 Å². The molecule has 0 aromatic rings. The first-order valence-corrected chi connectivity index (χ1v) is 9.08. The van der Waals surface area contributed by atoms with E-state index >= 15 is 0 Å². The van der Waals surface area contributed by atoms with Crippen LogP contribution in [0.5, 0.6) is 0 Å². The average Bonchev–Trinajstić information content (AvgIpc) is 3.16. The van der Waals surface area contributed by atoms with E-state index in [4.69, 9.17) is 0 Å². The zero-order valence-corrected chi connectivity index (χ0v) is 13.2. The molecule has 6 rings (SSSR count). The molecule has 1 heteroatoms. The van der Waals surface area contributed by atoms with Gasteiger partial charge < -0.3 is 0 Å². The summed E-state index contributed by atoms with van der Waals surface area (Å²) in [7, 11) is 0. The van der Waals surface area contributed by atoms with Crippen molar-refractivity contribution in [2.75, 3.05) is 0 Å². The van der Waals surface area contributed by atoms with E-state index in [0.29, 0.717) is 23.0 Å². The highest BCUT2D eigenvalue weighted by Gasteiger charge is 2.61. The SMILES string of the molecule is CC1CC2=C3C4CCC2(C4)C2=C4C=CC=C(C4C(=O)CC2)C31. The lowest BCUT2D eigenvalue weighted by molar-refractivity contribution is -0.121. The molecule has 6 aliphatic carbocycles. The van der Waals surface area contributed by atoms with Gasteiger partial charge in [-0.05, 0) is 55.1 Å². The van der Waals surface area contributed by atoms with E-state index in [1.165, 1.54) is 36.8 Å². The molecule has 22 heavy (non-hydrogen) atoms. The van der Waals surface area contributed by atoms with E-state index in [0.717, 1.165) is 18.8 Å². The molecule has 1 saturated carbocycles. The molecule has 0 aliphatic heterocycles. The topological polar surface area (TPSA) is 17.1 Å². The summed E-state index contributed by atoms with van der Waals surface area (Å²) in [5, 5.41) is 0. The Hall–Kier alpha value is -1.37. The number of Topliss-reactive ketones (excluding diaryl/α,β-unsaturated/α-hetero) is 1. The average molecular weight is 290 g/mol. The highest BCUT2D eigenvalue weighted by atomic mass is 16.1. The molecule has 6 aliphatic rings. The third-order valence-electron chi connectivity index (χ3n) is 7.75. The van der Waals surface area contributed by atoms with Crippen molar-refractivity contribution >= 4 is 5.78 Å². The number of carbonyl (C=O) groups excluding carboxylic acids is 1. The number of hydrogen-bond acceptors (Lipinski definition) is 1. The number of ketones is 1. The van der Waals surface area contributed by atoms with Gasteiger partial charge in [0.25, 0.3) is 0 Å². The van der Waals surface area contributed by atoms with E-state index in [2.05, 4.69) is 25.2 Å². The van der Waals surface area contributed by atoms with Gasteiger partial charge in [0.2, 0.25) is 0 Å². The minimum absolute atomic E-state index is 0.118. The smallest absolute Gasteiger partial charge is 0.144 e. The molecule has 5 unspecified atom stereocenters. The minimum Gasteiger partial charge on any atom is -0.299 e. The summed E-state index contributed by atoms with van der Waals surface area (Å²) in [6.45, 7) is 2.43. The van der Waals surface area contributed by atoms with Crippen LogP contribution in [0.4, 0.5) is 0 Å². The van der Waals surface area contributed by atoms with Gasteiger partial charge in [0, 0.05) is 17.8 Å². The molecule has 1 fully saturated rings.